The zero-order valence-electron chi connectivity index (χ0n) is 4.31. The minimum Gasteiger partial charge on any atom is -0.376 e. The van der Waals surface area contributed by atoms with Crippen LogP contribution in [0.4, 0.5) is 0 Å². The monoisotopic (exact) mass is 115 g/mol. The van der Waals surface area contributed by atoms with E-state index in [4.69, 9.17) is 0 Å². The fraction of sp³-hybridized carbons (Fsp3) is 0.600. The van der Waals surface area contributed by atoms with Gasteiger partial charge >= 0.3 is 0 Å². The maximum Gasteiger partial charge on any atom is 0.0770 e. The van der Waals surface area contributed by atoms with E-state index in [2.05, 4.69) is 31.4 Å². The molecule has 2 atom stereocenters. The summed E-state index contributed by atoms with van der Waals surface area (Å²) in [6, 6.07) is 0. The Morgan fingerprint density at radius 1 is 1.86 bits per heavy atom. The van der Waals surface area contributed by atoms with Gasteiger partial charge in [0.05, 0.1) is 5.37 Å². The molecule has 0 aromatic carbocycles. The van der Waals surface area contributed by atoms with E-state index < -0.39 is 0 Å². The second-order valence-corrected chi connectivity index (χ2v) is 2.46. The lowest BCUT2D eigenvalue weighted by molar-refractivity contribution is 0.439. The summed E-state index contributed by atoms with van der Waals surface area (Å²) in [5.74, 6) is 0.559. The van der Waals surface area contributed by atoms with Crippen molar-refractivity contribution >= 4 is 12.6 Å². The Balaban J connectivity index is 2.43. The molecule has 0 saturated carbocycles. The van der Waals surface area contributed by atoms with Crippen molar-refractivity contribution in [1.29, 1.82) is 0 Å². The molecule has 2 unspecified atom stereocenters. The number of hydrogen-bond donors (Lipinski definition) is 2. The van der Waals surface area contributed by atoms with Crippen LogP contribution in [-0.2, 0) is 0 Å². The van der Waals surface area contributed by atoms with Crippen LogP contribution in [0, 0.1) is 5.92 Å². The summed E-state index contributed by atoms with van der Waals surface area (Å²) in [6.45, 7) is 5.84. The number of nitrogens with one attached hydrogen (secondary N) is 1. The van der Waals surface area contributed by atoms with Crippen LogP contribution >= 0.6 is 12.6 Å². The van der Waals surface area contributed by atoms with E-state index in [0.717, 1.165) is 5.70 Å². The van der Waals surface area contributed by atoms with Crippen LogP contribution in [0.1, 0.15) is 6.92 Å². The highest BCUT2D eigenvalue weighted by Gasteiger charge is 2.25. The van der Waals surface area contributed by atoms with Gasteiger partial charge in [-0.05, 0) is 0 Å². The first-order valence-corrected chi connectivity index (χ1v) is 2.87. The van der Waals surface area contributed by atoms with Gasteiger partial charge < -0.3 is 5.32 Å². The molecular weight excluding hydrogens is 106 g/mol. The van der Waals surface area contributed by atoms with Crippen molar-refractivity contribution in [2.45, 2.75) is 12.3 Å². The van der Waals surface area contributed by atoms with E-state index in [-0.39, 0.29) is 0 Å². The van der Waals surface area contributed by atoms with Crippen molar-refractivity contribution in [1.82, 2.24) is 5.32 Å². The predicted octanol–water partition coefficient (Wildman–Crippen LogP) is 0.995. The van der Waals surface area contributed by atoms with E-state index in [1.165, 1.54) is 0 Å². The molecule has 7 heavy (non-hydrogen) atoms. The fourth-order valence-corrected chi connectivity index (χ4v) is 0.887. The van der Waals surface area contributed by atoms with Crippen molar-refractivity contribution in [2.75, 3.05) is 0 Å². The molecule has 0 aliphatic carbocycles. The van der Waals surface area contributed by atoms with E-state index >= 15 is 0 Å². The van der Waals surface area contributed by atoms with Gasteiger partial charge in [-0.3, -0.25) is 0 Å². The Hall–Kier alpha value is -0.110. The van der Waals surface area contributed by atoms with Gasteiger partial charge in [0.1, 0.15) is 0 Å². The van der Waals surface area contributed by atoms with Gasteiger partial charge in [-0.25, -0.2) is 0 Å². The van der Waals surface area contributed by atoms with Crippen molar-refractivity contribution in [2.24, 2.45) is 5.92 Å². The molecule has 2 heteroatoms. The van der Waals surface area contributed by atoms with Crippen LogP contribution in [0.3, 0.4) is 0 Å². The maximum absolute atomic E-state index is 4.17. The summed E-state index contributed by atoms with van der Waals surface area (Å²) >= 11 is 4.17. The predicted molar refractivity (Wildman–Crippen MR) is 34.2 cm³/mol. The highest BCUT2D eigenvalue weighted by Crippen LogP contribution is 2.23. The highest BCUT2D eigenvalue weighted by atomic mass is 32.1. The van der Waals surface area contributed by atoms with Crippen molar-refractivity contribution < 1.29 is 0 Å². The lowest BCUT2D eigenvalue weighted by Gasteiger charge is -2.35. The van der Waals surface area contributed by atoms with Gasteiger partial charge in [0.15, 0.2) is 0 Å². The normalized spacial score (nSPS) is 39.4. The van der Waals surface area contributed by atoms with Gasteiger partial charge in [-0.15, -0.1) is 0 Å². The average Bonchev–Trinajstić information content (AvgIpc) is 1.68. The molecule has 1 heterocycles. The van der Waals surface area contributed by atoms with Gasteiger partial charge in [-0.2, -0.15) is 12.6 Å². The van der Waals surface area contributed by atoms with Crippen molar-refractivity contribution in [3.63, 3.8) is 0 Å². The standard InChI is InChI=1S/C5H9NS/c1-3-4(2)6-5(3)7/h3,5-7H,2H2,1H3. The first-order chi connectivity index (χ1) is 3.22. The van der Waals surface area contributed by atoms with Gasteiger partial charge in [0, 0.05) is 11.6 Å². The first-order valence-electron chi connectivity index (χ1n) is 2.35. The molecule has 0 aromatic heterocycles. The third-order valence-corrected chi connectivity index (χ3v) is 1.93. The number of rotatable bonds is 0. The molecule has 1 fully saturated rings. The van der Waals surface area contributed by atoms with Crippen LogP contribution in [0.25, 0.3) is 0 Å². The van der Waals surface area contributed by atoms with Crippen molar-refractivity contribution in [3.05, 3.63) is 12.3 Å². The SMILES string of the molecule is C=C1NC(S)C1C. The molecule has 0 amide bonds. The minimum atomic E-state index is 0.354. The molecule has 0 aromatic rings. The molecule has 0 spiro atoms. The first kappa shape index (κ1) is 5.04. The topological polar surface area (TPSA) is 12.0 Å². The van der Waals surface area contributed by atoms with Gasteiger partial charge in [-0.1, -0.05) is 13.5 Å². The molecule has 40 valence electrons. The van der Waals surface area contributed by atoms with Crippen LogP contribution < -0.4 is 5.32 Å². The summed E-state index contributed by atoms with van der Waals surface area (Å²) in [5, 5.41) is 3.38. The van der Waals surface area contributed by atoms with Crippen LogP contribution in [-0.4, -0.2) is 5.37 Å². The zero-order chi connectivity index (χ0) is 5.44. The Labute approximate surface area is 49.2 Å². The molecule has 0 bridgehead atoms. The summed E-state index contributed by atoms with van der Waals surface area (Å²) in [7, 11) is 0. The Bertz CT molecular complexity index is 100. The Kier molecular flexibility index (Phi) is 1.04. The molecule has 1 rings (SSSR count). The van der Waals surface area contributed by atoms with E-state index in [0.29, 0.717) is 11.3 Å². The zero-order valence-corrected chi connectivity index (χ0v) is 5.20. The smallest absolute Gasteiger partial charge is 0.0770 e. The van der Waals surface area contributed by atoms with Crippen LogP contribution in [0.5, 0.6) is 0 Å². The molecule has 0 radical (unpaired) electrons. The summed E-state index contributed by atoms with van der Waals surface area (Å²) in [6.07, 6.45) is 0. The third kappa shape index (κ3) is 0.630. The van der Waals surface area contributed by atoms with E-state index in [1.807, 2.05) is 0 Å². The van der Waals surface area contributed by atoms with E-state index in [9.17, 15) is 0 Å². The summed E-state index contributed by atoms with van der Waals surface area (Å²) < 4.78 is 0. The Morgan fingerprint density at radius 2 is 2.43 bits per heavy atom. The Morgan fingerprint density at radius 3 is 2.43 bits per heavy atom. The van der Waals surface area contributed by atoms with Crippen LogP contribution in [0.15, 0.2) is 12.3 Å². The molecule has 1 aliphatic rings. The third-order valence-electron chi connectivity index (χ3n) is 1.36. The second kappa shape index (κ2) is 1.44. The average molecular weight is 115 g/mol. The van der Waals surface area contributed by atoms with E-state index in [1.54, 1.807) is 0 Å². The molecule has 1 saturated heterocycles. The largest absolute Gasteiger partial charge is 0.376 e. The lowest BCUT2D eigenvalue weighted by atomic mass is 10.0. The molecule has 1 N–H and O–H groups in total. The second-order valence-electron chi connectivity index (χ2n) is 1.90. The minimum absolute atomic E-state index is 0.354. The molecular formula is C5H9NS. The molecule has 1 nitrogen and oxygen atoms in total. The number of hydrogen-bond acceptors (Lipinski definition) is 2. The van der Waals surface area contributed by atoms with Gasteiger partial charge in [0.25, 0.3) is 0 Å². The van der Waals surface area contributed by atoms with Crippen LogP contribution in [0.2, 0.25) is 0 Å². The molecule has 1 aliphatic heterocycles. The van der Waals surface area contributed by atoms with Gasteiger partial charge in [0.2, 0.25) is 0 Å². The van der Waals surface area contributed by atoms with Crippen molar-refractivity contribution in [3.8, 4) is 0 Å². The quantitative estimate of drug-likeness (QED) is 0.449. The number of thiol groups is 1. The maximum atomic E-state index is 4.17. The fourth-order valence-electron chi connectivity index (χ4n) is 0.541. The summed E-state index contributed by atoms with van der Waals surface area (Å²) in [4.78, 5) is 0. The highest BCUT2D eigenvalue weighted by molar-refractivity contribution is 7.81. The summed E-state index contributed by atoms with van der Waals surface area (Å²) in [5.41, 5.74) is 1.11. The lowest BCUT2D eigenvalue weighted by Crippen LogP contribution is -2.44.